The van der Waals surface area contributed by atoms with Gasteiger partial charge in [-0.15, -0.1) is 0 Å². The zero-order valence-corrected chi connectivity index (χ0v) is 20.7. The molecule has 1 aromatic heterocycles. The van der Waals surface area contributed by atoms with Crippen LogP contribution in [0.5, 0.6) is 11.5 Å². The number of anilines is 1. The molecule has 1 aliphatic carbocycles. The Bertz CT molecular complexity index is 1450. The highest BCUT2D eigenvalue weighted by atomic mass is 16.5. The number of hydrogen-bond acceptors (Lipinski definition) is 5. The van der Waals surface area contributed by atoms with Crippen molar-refractivity contribution in [3.05, 3.63) is 113 Å². The maximum Gasteiger partial charge on any atom is 0.291 e. The number of benzene rings is 3. The largest absolute Gasteiger partial charge is 0.457 e. The van der Waals surface area contributed by atoms with Gasteiger partial charge in [-0.2, -0.15) is 5.10 Å². The highest BCUT2D eigenvalue weighted by molar-refractivity contribution is 6.09. The van der Waals surface area contributed by atoms with E-state index in [1.807, 2.05) is 56.3 Å². The van der Waals surface area contributed by atoms with Crippen molar-refractivity contribution in [3.63, 3.8) is 0 Å². The fraction of sp³-hybridized carbons (Fsp3) is 0.167. The van der Waals surface area contributed by atoms with E-state index in [2.05, 4.69) is 15.8 Å². The second kappa shape index (κ2) is 10.5. The number of hydrogen-bond donors (Lipinski definition) is 2. The Hall–Kier alpha value is -4.65. The summed E-state index contributed by atoms with van der Waals surface area (Å²) in [5.74, 6) is 1.74. The molecule has 0 saturated heterocycles. The molecule has 0 bridgehead atoms. The number of amides is 2. The van der Waals surface area contributed by atoms with Crippen molar-refractivity contribution >= 4 is 23.2 Å². The van der Waals surface area contributed by atoms with E-state index in [0.29, 0.717) is 46.9 Å². The molecule has 186 valence electrons. The van der Waals surface area contributed by atoms with Gasteiger partial charge in [-0.25, -0.2) is 5.43 Å². The molecule has 0 saturated carbocycles. The predicted molar refractivity (Wildman–Crippen MR) is 142 cm³/mol. The molecule has 3 aromatic carbocycles. The van der Waals surface area contributed by atoms with E-state index in [1.54, 1.807) is 36.4 Å². The average Bonchev–Trinajstić information content (AvgIpc) is 3.26. The lowest BCUT2D eigenvalue weighted by molar-refractivity contribution is 0.0953. The van der Waals surface area contributed by atoms with E-state index in [-0.39, 0.29) is 17.6 Å². The van der Waals surface area contributed by atoms with Crippen LogP contribution in [0.4, 0.5) is 5.69 Å². The minimum atomic E-state index is -0.341. The van der Waals surface area contributed by atoms with Crippen LogP contribution in [0.3, 0.4) is 0 Å². The molecule has 7 heteroatoms. The summed E-state index contributed by atoms with van der Waals surface area (Å²) in [5, 5.41) is 7.29. The van der Waals surface area contributed by atoms with Gasteiger partial charge in [0.1, 0.15) is 17.3 Å². The number of fused-ring (bicyclic) bond motifs is 1. The van der Waals surface area contributed by atoms with Gasteiger partial charge < -0.3 is 14.5 Å². The zero-order chi connectivity index (χ0) is 25.8. The maximum absolute atomic E-state index is 13.1. The summed E-state index contributed by atoms with van der Waals surface area (Å²) >= 11 is 0. The molecule has 0 spiro atoms. The van der Waals surface area contributed by atoms with Gasteiger partial charge in [0.05, 0.1) is 5.71 Å². The van der Waals surface area contributed by atoms with Gasteiger partial charge in [-0.05, 0) is 75.2 Å². The van der Waals surface area contributed by atoms with Crippen LogP contribution in [-0.2, 0) is 6.42 Å². The molecule has 5 rings (SSSR count). The van der Waals surface area contributed by atoms with Gasteiger partial charge in [0, 0.05) is 28.8 Å². The van der Waals surface area contributed by atoms with Crippen molar-refractivity contribution in [1.29, 1.82) is 0 Å². The Kier molecular flexibility index (Phi) is 6.85. The maximum atomic E-state index is 13.1. The van der Waals surface area contributed by atoms with Crippen LogP contribution in [0.2, 0.25) is 0 Å². The minimum absolute atomic E-state index is 0.245. The SMILES string of the molecule is Cc1ccc(C(=O)N/N=C2\CCCc3oc(C(=O)Nc4ccc(Oc5ccccc5)cc4)c(C)c32)cc1. The van der Waals surface area contributed by atoms with Crippen molar-refractivity contribution in [2.45, 2.75) is 33.1 Å². The number of nitrogens with one attached hydrogen (secondary N) is 2. The van der Waals surface area contributed by atoms with E-state index < -0.39 is 0 Å². The lowest BCUT2D eigenvalue weighted by Crippen LogP contribution is -2.22. The number of rotatable bonds is 6. The molecule has 2 amide bonds. The summed E-state index contributed by atoms with van der Waals surface area (Å²) in [7, 11) is 0. The quantitative estimate of drug-likeness (QED) is 0.304. The molecule has 0 unspecified atom stereocenters. The molecule has 2 N–H and O–H groups in total. The number of hydrazone groups is 1. The first-order chi connectivity index (χ1) is 18.0. The second-order valence-corrected chi connectivity index (χ2v) is 8.97. The molecule has 37 heavy (non-hydrogen) atoms. The number of carbonyl (C=O) groups excluding carboxylic acids is 2. The predicted octanol–water partition coefficient (Wildman–Crippen LogP) is 6.41. The molecule has 0 radical (unpaired) electrons. The van der Waals surface area contributed by atoms with Crippen LogP contribution in [-0.4, -0.2) is 17.5 Å². The van der Waals surface area contributed by atoms with Crippen molar-refractivity contribution in [3.8, 4) is 11.5 Å². The van der Waals surface area contributed by atoms with Crippen LogP contribution in [0.25, 0.3) is 0 Å². The number of para-hydroxylation sites is 1. The number of carbonyl (C=O) groups is 2. The third kappa shape index (κ3) is 5.46. The smallest absolute Gasteiger partial charge is 0.291 e. The Morgan fingerprint density at radius 3 is 2.27 bits per heavy atom. The topological polar surface area (TPSA) is 92.9 Å². The molecule has 7 nitrogen and oxygen atoms in total. The first kappa shape index (κ1) is 24.1. The lowest BCUT2D eigenvalue weighted by atomic mass is 9.93. The van der Waals surface area contributed by atoms with Crippen molar-refractivity contribution in [2.24, 2.45) is 5.10 Å². The molecule has 0 aliphatic heterocycles. The summed E-state index contributed by atoms with van der Waals surface area (Å²) in [6.07, 6.45) is 2.22. The standard InChI is InChI=1S/C30H27N3O4/c1-19-11-13-21(14-12-19)29(34)33-32-25-9-6-10-26-27(25)20(2)28(37-26)30(35)31-22-15-17-24(18-16-22)36-23-7-4-3-5-8-23/h3-5,7-8,11-18H,6,9-10H2,1-2H3,(H,31,35)(H,33,34)/b32-25+. The van der Waals surface area contributed by atoms with Crippen LogP contribution in [0, 0.1) is 13.8 Å². The van der Waals surface area contributed by atoms with Gasteiger partial charge in [0.15, 0.2) is 5.76 Å². The third-order valence-corrected chi connectivity index (χ3v) is 6.23. The summed E-state index contributed by atoms with van der Waals surface area (Å²) in [4.78, 5) is 25.6. The van der Waals surface area contributed by atoms with Crippen LogP contribution in [0.1, 0.15) is 56.2 Å². The molecule has 0 fully saturated rings. The molecule has 1 heterocycles. The Morgan fingerprint density at radius 1 is 0.838 bits per heavy atom. The van der Waals surface area contributed by atoms with Gasteiger partial charge >= 0.3 is 0 Å². The monoisotopic (exact) mass is 493 g/mol. The average molecular weight is 494 g/mol. The molecule has 1 aliphatic rings. The second-order valence-electron chi connectivity index (χ2n) is 8.97. The Balaban J connectivity index is 1.29. The summed E-state index contributed by atoms with van der Waals surface area (Å²) in [5.41, 5.74) is 7.11. The third-order valence-electron chi connectivity index (χ3n) is 6.23. The van der Waals surface area contributed by atoms with E-state index in [9.17, 15) is 9.59 Å². The van der Waals surface area contributed by atoms with E-state index in [0.717, 1.165) is 23.3 Å². The Morgan fingerprint density at radius 2 is 1.54 bits per heavy atom. The first-order valence-electron chi connectivity index (χ1n) is 12.2. The minimum Gasteiger partial charge on any atom is -0.457 e. The number of ether oxygens (including phenoxy) is 1. The van der Waals surface area contributed by atoms with Crippen molar-refractivity contribution in [1.82, 2.24) is 5.43 Å². The van der Waals surface area contributed by atoms with E-state index in [4.69, 9.17) is 9.15 Å². The number of aryl methyl sites for hydroxylation is 2. The van der Waals surface area contributed by atoms with Crippen LogP contribution in [0.15, 0.2) is 88.4 Å². The van der Waals surface area contributed by atoms with Gasteiger partial charge in [0.2, 0.25) is 0 Å². The highest BCUT2D eigenvalue weighted by Gasteiger charge is 2.28. The van der Waals surface area contributed by atoms with Gasteiger partial charge in [0.25, 0.3) is 11.8 Å². The molecule has 4 aromatic rings. The summed E-state index contributed by atoms with van der Waals surface area (Å²) in [6, 6.07) is 23.9. The van der Waals surface area contributed by atoms with Crippen LogP contribution >= 0.6 is 0 Å². The fourth-order valence-electron chi connectivity index (χ4n) is 4.30. The molecular weight excluding hydrogens is 466 g/mol. The zero-order valence-electron chi connectivity index (χ0n) is 20.7. The molecule has 0 atom stereocenters. The fourth-order valence-corrected chi connectivity index (χ4v) is 4.30. The lowest BCUT2D eigenvalue weighted by Gasteiger charge is -2.13. The normalized spacial score (nSPS) is 13.6. The van der Waals surface area contributed by atoms with Gasteiger partial charge in [-0.3, -0.25) is 9.59 Å². The summed E-state index contributed by atoms with van der Waals surface area (Å²) in [6.45, 7) is 3.81. The van der Waals surface area contributed by atoms with Gasteiger partial charge in [-0.1, -0.05) is 35.9 Å². The van der Waals surface area contributed by atoms with Crippen molar-refractivity contribution in [2.75, 3.05) is 5.32 Å². The Labute approximate surface area is 215 Å². The summed E-state index contributed by atoms with van der Waals surface area (Å²) < 4.78 is 11.8. The van der Waals surface area contributed by atoms with Crippen LogP contribution < -0.4 is 15.5 Å². The van der Waals surface area contributed by atoms with E-state index >= 15 is 0 Å². The van der Waals surface area contributed by atoms with Crippen molar-refractivity contribution < 1.29 is 18.7 Å². The highest BCUT2D eigenvalue weighted by Crippen LogP contribution is 2.31. The van der Waals surface area contributed by atoms with E-state index in [1.165, 1.54) is 0 Å². The molecular formula is C30H27N3O4. The number of nitrogens with zero attached hydrogens (tertiary/aromatic N) is 1. The number of furan rings is 1. The first-order valence-corrected chi connectivity index (χ1v) is 12.2.